The lowest BCUT2D eigenvalue weighted by Crippen LogP contribution is -2.18. The molecule has 0 spiro atoms. The molecule has 2 N–H and O–H groups in total. The van der Waals surface area contributed by atoms with Gasteiger partial charge >= 0.3 is 0 Å². The van der Waals surface area contributed by atoms with Gasteiger partial charge in [0.2, 0.25) is 0 Å². The summed E-state index contributed by atoms with van der Waals surface area (Å²) in [5, 5.41) is 8.91. The van der Waals surface area contributed by atoms with E-state index >= 15 is 0 Å². The summed E-state index contributed by atoms with van der Waals surface area (Å²) < 4.78 is 0. The molecule has 1 fully saturated rings. The van der Waals surface area contributed by atoms with Crippen molar-refractivity contribution in [3.05, 3.63) is 17.7 Å². The number of aromatic amines is 1. The topological polar surface area (TPSA) is 48.9 Å². The van der Waals surface area contributed by atoms with Gasteiger partial charge in [-0.15, -0.1) is 0 Å². The van der Waals surface area contributed by atoms with Crippen LogP contribution in [-0.2, 0) is 12.0 Å². The summed E-state index contributed by atoms with van der Waals surface area (Å²) in [7, 11) is 0. The molecule has 1 aliphatic carbocycles. The first kappa shape index (κ1) is 8.75. The molecule has 1 aliphatic rings. The van der Waals surface area contributed by atoms with Crippen LogP contribution in [0.4, 0.5) is 0 Å². The summed E-state index contributed by atoms with van der Waals surface area (Å²) in [5.41, 5.74) is 1.05. The molecule has 0 aromatic carbocycles. The van der Waals surface area contributed by atoms with Gasteiger partial charge in [0.15, 0.2) is 0 Å². The van der Waals surface area contributed by atoms with Gasteiger partial charge < -0.3 is 10.1 Å². The van der Waals surface area contributed by atoms with Crippen molar-refractivity contribution in [2.75, 3.05) is 0 Å². The minimum Gasteiger partial charge on any atom is -0.390 e. The molecule has 13 heavy (non-hydrogen) atoms. The van der Waals surface area contributed by atoms with E-state index in [-0.39, 0.29) is 12.0 Å². The Balaban J connectivity index is 2.23. The minimum atomic E-state index is 0.0586. The van der Waals surface area contributed by atoms with Gasteiger partial charge in [0.1, 0.15) is 5.82 Å². The van der Waals surface area contributed by atoms with Crippen molar-refractivity contribution in [2.24, 2.45) is 0 Å². The first-order chi connectivity index (χ1) is 6.24. The number of nitrogens with one attached hydrogen (secondary N) is 1. The summed E-state index contributed by atoms with van der Waals surface area (Å²) in [6.45, 7) is 2.31. The third kappa shape index (κ3) is 1.48. The first-order valence-corrected chi connectivity index (χ1v) is 4.90. The van der Waals surface area contributed by atoms with Gasteiger partial charge in [-0.1, -0.05) is 19.8 Å². The largest absolute Gasteiger partial charge is 0.390 e. The SMILES string of the molecule is CC1(c2ncc(CO)[nH]2)CCCC1. The molecule has 3 nitrogen and oxygen atoms in total. The quantitative estimate of drug-likeness (QED) is 0.728. The molecule has 0 atom stereocenters. The Hall–Kier alpha value is -0.830. The van der Waals surface area contributed by atoms with E-state index in [1.54, 1.807) is 6.20 Å². The maximum atomic E-state index is 8.91. The summed E-state index contributed by atoms with van der Waals surface area (Å²) in [5.74, 6) is 1.05. The number of aliphatic hydroxyl groups excluding tert-OH is 1. The van der Waals surface area contributed by atoms with Crippen molar-refractivity contribution in [1.82, 2.24) is 9.97 Å². The average Bonchev–Trinajstić information content (AvgIpc) is 2.72. The fraction of sp³-hybridized carbons (Fsp3) is 0.700. The summed E-state index contributed by atoms with van der Waals surface area (Å²) >= 11 is 0. The molecule has 1 saturated carbocycles. The molecule has 0 radical (unpaired) electrons. The number of rotatable bonds is 2. The molecule has 0 amide bonds. The summed E-state index contributed by atoms with van der Waals surface area (Å²) in [6, 6.07) is 0. The highest BCUT2D eigenvalue weighted by atomic mass is 16.3. The van der Waals surface area contributed by atoms with E-state index in [1.807, 2.05) is 0 Å². The molecule has 1 heterocycles. The lowest BCUT2D eigenvalue weighted by Gasteiger charge is -2.20. The molecule has 72 valence electrons. The van der Waals surface area contributed by atoms with Crippen LogP contribution in [0.1, 0.15) is 44.1 Å². The van der Waals surface area contributed by atoms with Crippen LogP contribution in [0.3, 0.4) is 0 Å². The fourth-order valence-electron chi connectivity index (χ4n) is 2.14. The van der Waals surface area contributed by atoms with Crippen molar-refractivity contribution >= 4 is 0 Å². The van der Waals surface area contributed by atoms with Gasteiger partial charge in [0.25, 0.3) is 0 Å². The van der Waals surface area contributed by atoms with Crippen LogP contribution in [0.25, 0.3) is 0 Å². The molecule has 0 aliphatic heterocycles. The second-order valence-electron chi connectivity index (χ2n) is 4.18. The summed E-state index contributed by atoms with van der Waals surface area (Å²) in [4.78, 5) is 7.51. The first-order valence-electron chi connectivity index (χ1n) is 4.90. The highest BCUT2D eigenvalue weighted by Crippen LogP contribution is 2.38. The molecule has 0 unspecified atom stereocenters. The second-order valence-corrected chi connectivity index (χ2v) is 4.18. The number of H-pyrrole nitrogens is 1. The van der Waals surface area contributed by atoms with Crippen LogP contribution in [-0.4, -0.2) is 15.1 Å². The number of hydrogen-bond acceptors (Lipinski definition) is 2. The zero-order valence-corrected chi connectivity index (χ0v) is 8.01. The third-order valence-electron chi connectivity index (χ3n) is 3.08. The lowest BCUT2D eigenvalue weighted by molar-refractivity contribution is 0.277. The normalized spacial score (nSPS) is 20.8. The molecular weight excluding hydrogens is 164 g/mol. The molecular formula is C10H16N2O. The zero-order valence-electron chi connectivity index (χ0n) is 8.01. The molecule has 0 saturated heterocycles. The number of aliphatic hydroxyl groups is 1. The van der Waals surface area contributed by atoms with Gasteiger partial charge in [-0.05, 0) is 12.8 Å². The monoisotopic (exact) mass is 180 g/mol. The van der Waals surface area contributed by atoms with Crippen LogP contribution in [0.2, 0.25) is 0 Å². The lowest BCUT2D eigenvalue weighted by atomic mass is 9.88. The van der Waals surface area contributed by atoms with E-state index in [2.05, 4.69) is 16.9 Å². The highest BCUT2D eigenvalue weighted by molar-refractivity contribution is 5.12. The van der Waals surface area contributed by atoms with E-state index in [1.165, 1.54) is 25.7 Å². The molecule has 2 rings (SSSR count). The molecule has 1 aromatic heterocycles. The predicted octanol–water partition coefficient (Wildman–Crippen LogP) is 1.73. The van der Waals surface area contributed by atoms with Gasteiger partial charge in [0, 0.05) is 5.41 Å². The number of aromatic nitrogens is 2. The van der Waals surface area contributed by atoms with E-state index in [9.17, 15) is 0 Å². The van der Waals surface area contributed by atoms with E-state index < -0.39 is 0 Å². The Morgan fingerprint density at radius 3 is 2.77 bits per heavy atom. The Bertz CT molecular complexity index is 287. The third-order valence-corrected chi connectivity index (χ3v) is 3.08. The van der Waals surface area contributed by atoms with Crippen molar-refractivity contribution in [1.29, 1.82) is 0 Å². The van der Waals surface area contributed by atoms with Gasteiger partial charge in [0.05, 0.1) is 18.5 Å². The maximum Gasteiger partial charge on any atom is 0.112 e. The van der Waals surface area contributed by atoms with Gasteiger partial charge in [-0.3, -0.25) is 0 Å². The number of nitrogens with zero attached hydrogens (tertiary/aromatic N) is 1. The Morgan fingerprint density at radius 1 is 1.54 bits per heavy atom. The number of hydrogen-bond donors (Lipinski definition) is 2. The Morgan fingerprint density at radius 2 is 2.23 bits per heavy atom. The van der Waals surface area contributed by atoms with Crippen molar-refractivity contribution < 1.29 is 5.11 Å². The van der Waals surface area contributed by atoms with E-state index in [4.69, 9.17) is 5.11 Å². The van der Waals surface area contributed by atoms with Gasteiger partial charge in [-0.2, -0.15) is 0 Å². The fourth-order valence-corrected chi connectivity index (χ4v) is 2.14. The summed E-state index contributed by atoms with van der Waals surface area (Å²) in [6.07, 6.45) is 6.76. The zero-order chi connectivity index (χ0) is 9.31. The Labute approximate surface area is 78.2 Å². The van der Waals surface area contributed by atoms with Crippen molar-refractivity contribution in [3.8, 4) is 0 Å². The predicted molar refractivity (Wildman–Crippen MR) is 50.3 cm³/mol. The minimum absolute atomic E-state index is 0.0586. The second kappa shape index (κ2) is 3.14. The highest BCUT2D eigenvalue weighted by Gasteiger charge is 2.32. The molecule has 1 aromatic rings. The number of imidazole rings is 1. The van der Waals surface area contributed by atoms with Crippen molar-refractivity contribution in [3.63, 3.8) is 0 Å². The average molecular weight is 180 g/mol. The van der Waals surface area contributed by atoms with E-state index in [0.29, 0.717) is 0 Å². The Kier molecular flexibility index (Phi) is 2.12. The van der Waals surface area contributed by atoms with E-state index in [0.717, 1.165) is 11.5 Å². The van der Waals surface area contributed by atoms with Crippen LogP contribution >= 0.6 is 0 Å². The van der Waals surface area contributed by atoms with Crippen LogP contribution in [0.15, 0.2) is 6.20 Å². The smallest absolute Gasteiger partial charge is 0.112 e. The molecule has 0 bridgehead atoms. The standard InChI is InChI=1S/C10H16N2O/c1-10(4-2-3-5-10)9-11-6-8(7-13)12-9/h6,13H,2-5,7H2,1H3,(H,11,12). The maximum absolute atomic E-state index is 8.91. The molecule has 3 heteroatoms. The van der Waals surface area contributed by atoms with Crippen LogP contribution < -0.4 is 0 Å². The van der Waals surface area contributed by atoms with Crippen LogP contribution in [0.5, 0.6) is 0 Å². The van der Waals surface area contributed by atoms with Gasteiger partial charge in [-0.25, -0.2) is 4.98 Å². The van der Waals surface area contributed by atoms with Crippen LogP contribution in [0, 0.1) is 0 Å². The van der Waals surface area contributed by atoms with Crippen molar-refractivity contribution in [2.45, 2.75) is 44.6 Å².